The van der Waals surface area contributed by atoms with Crippen molar-refractivity contribution in [2.75, 3.05) is 13.6 Å². The average molecular weight is 292 g/mol. The van der Waals surface area contributed by atoms with Crippen LogP contribution in [0.25, 0.3) is 0 Å². The molecule has 21 heavy (non-hydrogen) atoms. The largest absolute Gasteiger partial charge is 0.465 e. The van der Waals surface area contributed by atoms with Crippen LogP contribution in [0.1, 0.15) is 63.0 Å². The summed E-state index contributed by atoms with van der Waals surface area (Å²) >= 11 is 0. The second-order valence-corrected chi connectivity index (χ2v) is 7.03. The Kier molecular flexibility index (Phi) is 6.31. The lowest BCUT2D eigenvalue weighted by Crippen LogP contribution is -2.26. The second kappa shape index (κ2) is 8.00. The summed E-state index contributed by atoms with van der Waals surface area (Å²) in [6.45, 7) is 9.46. The van der Waals surface area contributed by atoms with Crippen LogP contribution in [-0.2, 0) is 13.1 Å². The van der Waals surface area contributed by atoms with Gasteiger partial charge in [0.1, 0.15) is 11.5 Å². The smallest absolute Gasteiger partial charge is 0.118 e. The standard InChI is InChI=1S/C18H32N2O/c1-14(2)19-11-17-10-18(21-15(17)3)13-20(4)12-16-8-6-5-7-9-16/h10,14,16,19H,5-9,11-13H2,1-4H3. The Hall–Kier alpha value is -0.800. The number of aryl methyl sites for hydroxylation is 1. The molecule has 1 fully saturated rings. The highest BCUT2D eigenvalue weighted by Crippen LogP contribution is 2.25. The van der Waals surface area contributed by atoms with Crippen LogP contribution in [0.4, 0.5) is 0 Å². The molecular weight excluding hydrogens is 260 g/mol. The Morgan fingerprint density at radius 3 is 2.67 bits per heavy atom. The number of nitrogens with zero attached hydrogens (tertiary/aromatic N) is 1. The molecule has 0 atom stereocenters. The van der Waals surface area contributed by atoms with E-state index in [0.717, 1.165) is 30.5 Å². The third kappa shape index (κ3) is 5.48. The molecule has 0 amide bonds. The maximum absolute atomic E-state index is 5.93. The van der Waals surface area contributed by atoms with Gasteiger partial charge in [0.05, 0.1) is 6.54 Å². The molecule has 3 heteroatoms. The van der Waals surface area contributed by atoms with Crippen LogP contribution < -0.4 is 5.32 Å². The van der Waals surface area contributed by atoms with Crippen molar-refractivity contribution >= 4 is 0 Å². The Morgan fingerprint density at radius 1 is 1.29 bits per heavy atom. The van der Waals surface area contributed by atoms with Crippen LogP contribution in [0.2, 0.25) is 0 Å². The number of hydrogen-bond acceptors (Lipinski definition) is 3. The fourth-order valence-electron chi connectivity index (χ4n) is 3.30. The van der Waals surface area contributed by atoms with Gasteiger partial charge in [0.25, 0.3) is 0 Å². The molecule has 1 N–H and O–H groups in total. The van der Waals surface area contributed by atoms with Gasteiger partial charge in [-0.1, -0.05) is 33.1 Å². The zero-order valence-corrected chi connectivity index (χ0v) is 14.2. The summed E-state index contributed by atoms with van der Waals surface area (Å²) in [7, 11) is 2.22. The molecule has 3 nitrogen and oxygen atoms in total. The summed E-state index contributed by atoms with van der Waals surface area (Å²) in [6, 6.07) is 2.74. The minimum Gasteiger partial charge on any atom is -0.465 e. The first-order chi connectivity index (χ1) is 10.0. The summed E-state index contributed by atoms with van der Waals surface area (Å²) in [6.07, 6.45) is 7.09. The van der Waals surface area contributed by atoms with Crippen LogP contribution in [0.15, 0.2) is 10.5 Å². The lowest BCUT2D eigenvalue weighted by Gasteiger charge is -2.26. The van der Waals surface area contributed by atoms with Gasteiger partial charge >= 0.3 is 0 Å². The highest BCUT2D eigenvalue weighted by Gasteiger charge is 2.16. The van der Waals surface area contributed by atoms with Gasteiger partial charge in [-0.2, -0.15) is 0 Å². The number of hydrogen-bond donors (Lipinski definition) is 1. The van der Waals surface area contributed by atoms with Crippen molar-refractivity contribution in [1.82, 2.24) is 10.2 Å². The van der Waals surface area contributed by atoms with Crippen molar-refractivity contribution in [3.63, 3.8) is 0 Å². The SMILES string of the molecule is Cc1oc(CN(C)CC2CCCCC2)cc1CNC(C)C. The molecule has 1 heterocycles. The van der Waals surface area contributed by atoms with Crippen LogP contribution in [0.5, 0.6) is 0 Å². The van der Waals surface area contributed by atoms with E-state index < -0.39 is 0 Å². The summed E-state index contributed by atoms with van der Waals surface area (Å²) in [4.78, 5) is 2.42. The molecule has 0 radical (unpaired) electrons. The van der Waals surface area contributed by atoms with Gasteiger partial charge in [0, 0.05) is 24.7 Å². The van der Waals surface area contributed by atoms with Crippen LogP contribution in [0, 0.1) is 12.8 Å². The predicted octanol–water partition coefficient (Wildman–Crippen LogP) is 4.10. The van der Waals surface area contributed by atoms with E-state index in [2.05, 4.69) is 44.1 Å². The van der Waals surface area contributed by atoms with Crippen LogP contribution in [-0.4, -0.2) is 24.5 Å². The Labute approximate surface area is 130 Å². The van der Waals surface area contributed by atoms with E-state index >= 15 is 0 Å². The molecule has 0 bridgehead atoms. The van der Waals surface area contributed by atoms with Crippen molar-refractivity contribution in [2.24, 2.45) is 5.92 Å². The van der Waals surface area contributed by atoms with Gasteiger partial charge < -0.3 is 9.73 Å². The Morgan fingerprint density at radius 2 is 2.00 bits per heavy atom. The predicted molar refractivity (Wildman–Crippen MR) is 88.3 cm³/mol. The third-order valence-corrected chi connectivity index (χ3v) is 4.49. The zero-order valence-electron chi connectivity index (χ0n) is 14.2. The topological polar surface area (TPSA) is 28.4 Å². The molecule has 0 aromatic carbocycles. The van der Waals surface area contributed by atoms with E-state index in [1.165, 1.54) is 44.2 Å². The first-order valence-electron chi connectivity index (χ1n) is 8.54. The summed E-state index contributed by atoms with van der Waals surface area (Å²) in [5.74, 6) is 3.05. The lowest BCUT2D eigenvalue weighted by molar-refractivity contribution is 0.215. The third-order valence-electron chi connectivity index (χ3n) is 4.49. The van der Waals surface area contributed by atoms with Crippen molar-refractivity contribution in [3.8, 4) is 0 Å². The minimum absolute atomic E-state index is 0.511. The monoisotopic (exact) mass is 292 g/mol. The van der Waals surface area contributed by atoms with E-state index in [-0.39, 0.29) is 0 Å². The van der Waals surface area contributed by atoms with E-state index in [1.54, 1.807) is 0 Å². The summed E-state index contributed by atoms with van der Waals surface area (Å²) < 4.78 is 5.93. The van der Waals surface area contributed by atoms with Gasteiger partial charge in [-0.3, -0.25) is 4.90 Å². The number of rotatable bonds is 7. The Bertz CT molecular complexity index is 419. The molecule has 120 valence electrons. The van der Waals surface area contributed by atoms with Crippen molar-refractivity contribution in [3.05, 3.63) is 23.2 Å². The van der Waals surface area contributed by atoms with Crippen LogP contribution >= 0.6 is 0 Å². The molecular formula is C18H32N2O. The quantitative estimate of drug-likeness (QED) is 0.820. The molecule has 0 spiro atoms. The van der Waals surface area contributed by atoms with Gasteiger partial charge in [0.2, 0.25) is 0 Å². The lowest BCUT2D eigenvalue weighted by atomic mass is 9.89. The van der Waals surface area contributed by atoms with E-state index in [1.807, 2.05) is 0 Å². The molecule has 2 rings (SSSR count). The average Bonchev–Trinajstić information content (AvgIpc) is 2.77. The fourth-order valence-corrected chi connectivity index (χ4v) is 3.30. The molecule has 0 saturated heterocycles. The van der Waals surface area contributed by atoms with Gasteiger partial charge in [0.15, 0.2) is 0 Å². The maximum Gasteiger partial charge on any atom is 0.118 e. The second-order valence-electron chi connectivity index (χ2n) is 7.03. The van der Waals surface area contributed by atoms with Crippen molar-refractivity contribution < 1.29 is 4.42 Å². The maximum atomic E-state index is 5.93. The fraction of sp³-hybridized carbons (Fsp3) is 0.778. The van der Waals surface area contributed by atoms with Crippen molar-refractivity contribution in [1.29, 1.82) is 0 Å². The first kappa shape index (κ1) is 16.6. The first-order valence-corrected chi connectivity index (χ1v) is 8.54. The summed E-state index contributed by atoms with van der Waals surface area (Å²) in [5, 5.41) is 3.46. The zero-order chi connectivity index (χ0) is 15.2. The minimum atomic E-state index is 0.511. The number of nitrogens with one attached hydrogen (secondary N) is 1. The molecule has 1 aromatic heterocycles. The molecule has 1 aliphatic carbocycles. The normalized spacial score (nSPS) is 17.0. The molecule has 1 saturated carbocycles. The van der Waals surface area contributed by atoms with Gasteiger partial charge in [-0.25, -0.2) is 0 Å². The van der Waals surface area contributed by atoms with E-state index in [0.29, 0.717) is 6.04 Å². The van der Waals surface area contributed by atoms with Gasteiger partial charge in [-0.15, -0.1) is 0 Å². The molecule has 0 unspecified atom stereocenters. The van der Waals surface area contributed by atoms with Crippen molar-refractivity contribution in [2.45, 2.75) is 72.0 Å². The number of furan rings is 1. The molecule has 1 aromatic rings. The Balaban J connectivity index is 1.82. The highest BCUT2D eigenvalue weighted by atomic mass is 16.3. The molecule has 1 aliphatic rings. The highest BCUT2D eigenvalue weighted by molar-refractivity contribution is 5.20. The van der Waals surface area contributed by atoms with Gasteiger partial charge in [-0.05, 0) is 38.8 Å². The van der Waals surface area contributed by atoms with E-state index in [9.17, 15) is 0 Å². The molecule has 0 aliphatic heterocycles. The van der Waals surface area contributed by atoms with Crippen LogP contribution in [0.3, 0.4) is 0 Å². The summed E-state index contributed by atoms with van der Waals surface area (Å²) in [5.41, 5.74) is 1.30. The van der Waals surface area contributed by atoms with E-state index in [4.69, 9.17) is 4.42 Å².